The van der Waals surface area contributed by atoms with Gasteiger partial charge in [-0.05, 0) is 30.7 Å². The molecule has 182 valence electrons. The van der Waals surface area contributed by atoms with E-state index in [9.17, 15) is 4.79 Å². The Morgan fingerprint density at radius 3 is 2.32 bits per heavy atom. The maximum absolute atomic E-state index is 13.2. The number of amides is 1. The Labute approximate surface area is 205 Å². The van der Waals surface area contributed by atoms with Crippen LogP contribution in [-0.2, 0) is 6.54 Å². The lowest BCUT2D eigenvalue weighted by Crippen LogP contribution is -2.35. The Kier molecular flexibility index (Phi) is 8.72. The summed E-state index contributed by atoms with van der Waals surface area (Å²) < 4.78 is 21.6. The van der Waals surface area contributed by atoms with E-state index in [0.29, 0.717) is 60.7 Å². The summed E-state index contributed by atoms with van der Waals surface area (Å²) in [4.78, 5) is 21.8. The highest BCUT2D eigenvalue weighted by Gasteiger charge is 2.24. The first-order valence-electron chi connectivity index (χ1n) is 10.8. The fourth-order valence-electron chi connectivity index (χ4n) is 3.94. The molecular formula is C24H29ClN4O5. The van der Waals surface area contributed by atoms with Crippen LogP contribution < -0.4 is 14.2 Å². The van der Waals surface area contributed by atoms with Crippen LogP contribution in [0.1, 0.15) is 22.6 Å². The first kappa shape index (κ1) is 25.3. The average Bonchev–Trinajstić information content (AvgIpc) is 3.20. The first-order chi connectivity index (χ1) is 16.1. The molecule has 9 nitrogen and oxygen atoms in total. The van der Waals surface area contributed by atoms with Crippen LogP contribution >= 0.6 is 12.4 Å². The maximum atomic E-state index is 13.2. The summed E-state index contributed by atoms with van der Waals surface area (Å²) in [6, 6.07) is 13.1. The van der Waals surface area contributed by atoms with Gasteiger partial charge in [-0.3, -0.25) is 9.69 Å². The summed E-state index contributed by atoms with van der Waals surface area (Å²) >= 11 is 0. The van der Waals surface area contributed by atoms with E-state index >= 15 is 0 Å². The zero-order valence-corrected chi connectivity index (χ0v) is 20.3. The Bertz CT molecular complexity index is 1070. The van der Waals surface area contributed by atoms with Crippen LogP contribution in [0.25, 0.3) is 11.5 Å². The van der Waals surface area contributed by atoms with Crippen molar-refractivity contribution in [2.45, 2.75) is 13.0 Å². The van der Waals surface area contributed by atoms with E-state index in [1.54, 1.807) is 12.1 Å². The molecule has 0 N–H and O–H groups in total. The van der Waals surface area contributed by atoms with Crippen LogP contribution in [-0.4, -0.2) is 73.4 Å². The summed E-state index contributed by atoms with van der Waals surface area (Å²) in [6.07, 6.45) is 0.847. The monoisotopic (exact) mass is 488 g/mol. The molecular weight excluding hydrogens is 460 g/mol. The molecule has 0 bridgehead atoms. The van der Waals surface area contributed by atoms with Crippen LogP contribution in [0.2, 0.25) is 0 Å². The van der Waals surface area contributed by atoms with Crippen molar-refractivity contribution in [1.29, 1.82) is 0 Å². The molecule has 0 saturated carbocycles. The molecule has 1 aliphatic heterocycles. The van der Waals surface area contributed by atoms with Crippen molar-refractivity contribution < 1.29 is 23.5 Å². The quantitative estimate of drug-likeness (QED) is 0.499. The lowest BCUT2D eigenvalue weighted by molar-refractivity contribution is 0.0760. The summed E-state index contributed by atoms with van der Waals surface area (Å²) in [5.41, 5.74) is 1.40. The Balaban J connectivity index is 0.00000324. The van der Waals surface area contributed by atoms with E-state index in [2.05, 4.69) is 15.0 Å². The van der Waals surface area contributed by atoms with Gasteiger partial charge < -0.3 is 23.6 Å². The van der Waals surface area contributed by atoms with Gasteiger partial charge in [-0.1, -0.05) is 23.4 Å². The van der Waals surface area contributed by atoms with Crippen molar-refractivity contribution in [3.05, 3.63) is 53.9 Å². The number of carbonyl (C=O) groups is 1. The summed E-state index contributed by atoms with van der Waals surface area (Å²) in [5.74, 6) is 2.47. The summed E-state index contributed by atoms with van der Waals surface area (Å²) in [6.45, 7) is 3.38. The smallest absolute Gasteiger partial charge is 0.257 e. The van der Waals surface area contributed by atoms with Crippen LogP contribution in [0.15, 0.2) is 47.0 Å². The molecule has 2 aromatic carbocycles. The second-order valence-corrected chi connectivity index (χ2v) is 7.72. The fourth-order valence-corrected chi connectivity index (χ4v) is 3.94. The third-order valence-corrected chi connectivity index (χ3v) is 5.64. The molecule has 10 heteroatoms. The number of rotatable bonds is 7. The van der Waals surface area contributed by atoms with Crippen molar-refractivity contribution in [1.82, 2.24) is 19.9 Å². The fraction of sp³-hybridized carbons (Fsp3) is 0.375. The summed E-state index contributed by atoms with van der Waals surface area (Å²) in [5, 5.41) is 4.13. The number of methoxy groups -OCH3 is 3. The van der Waals surface area contributed by atoms with Crippen molar-refractivity contribution in [3.63, 3.8) is 0 Å². The third kappa shape index (κ3) is 5.60. The van der Waals surface area contributed by atoms with Crippen LogP contribution in [0.3, 0.4) is 0 Å². The summed E-state index contributed by atoms with van der Waals surface area (Å²) in [7, 11) is 4.62. The molecule has 1 fully saturated rings. The van der Waals surface area contributed by atoms with Gasteiger partial charge >= 0.3 is 0 Å². The van der Waals surface area contributed by atoms with Crippen LogP contribution in [0, 0.1) is 0 Å². The van der Waals surface area contributed by atoms with E-state index in [1.807, 2.05) is 35.2 Å². The normalized spacial score (nSPS) is 14.1. The van der Waals surface area contributed by atoms with E-state index in [0.717, 1.165) is 18.5 Å². The Morgan fingerprint density at radius 2 is 1.68 bits per heavy atom. The van der Waals surface area contributed by atoms with Gasteiger partial charge in [0.2, 0.25) is 5.75 Å². The minimum Gasteiger partial charge on any atom is -0.493 e. The number of nitrogens with zero attached hydrogens (tertiary/aromatic N) is 4. The molecule has 1 aromatic heterocycles. The molecule has 34 heavy (non-hydrogen) atoms. The average molecular weight is 489 g/mol. The van der Waals surface area contributed by atoms with E-state index in [-0.39, 0.29) is 18.3 Å². The molecule has 1 amide bonds. The lowest BCUT2D eigenvalue weighted by Gasteiger charge is -2.22. The second kappa shape index (κ2) is 11.7. The van der Waals surface area contributed by atoms with Gasteiger partial charge in [-0.2, -0.15) is 4.98 Å². The Morgan fingerprint density at radius 1 is 0.971 bits per heavy atom. The molecule has 0 spiro atoms. The SMILES string of the molecule is COc1cc(C(=O)N2CCCN(Cc3noc(-c4ccccc4)n3)CC2)cc(OC)c1OC.Cl. The van der Waals surface area contributed by atoms with Gasteiger partial charge in [0, 0.05) is 37.3 Å². The minimum atomic E-state index is -0.0676. The number of ether oxygens (including phenoxy) is 3. The second-order valence-electron chi connectivity index (χ2n) is 7.72. The predicted octanol–water partition coefficient (Wildman–Crippen LogP) is 3.53. The Hall–Kier alpha value is -3.30. The van der Waals surface area contributed by atoms with Gasteiger partial charge in [0.1, 0.15) is 0 Å². The number of hydrogen-bond donors (Lipinski definition) is 0. The number of hydrogen-bond acceptors (Lipinski definition) is 8. The predicted molar refractivity (Wildman–Crippen MR) is 129 cm³/mol. The molecule has 0 radical (unpaired) electrons. The van der Waals surface area contributed by atoms with E-state index in [1.165, 1.54) is 21.3 Å². The molecule has 2 heterocycles. The van der Waals surface area contributed by atoms with Crippen molar-refractivity contribution in [2.75, 3.05) is 47.5 Å². The number of aromatic nitrogens is 2. The molecule has 3 aromatic rings. The minimum absolute atomic E-state index is 0. The van der Waals surface area contributed by atoms with Gasteiger partial charge in [0.05, 0.1) is 27.9 Å². The van der Waals surface area contributed by atoms with Crippen LogP contribution in [0.4, 0.5) is 0 Å². The van der Waals surface area contributed by atoms with Crippen molar-refractivity contribution >= 4 is 18.3 Å². The highest BCUT2D eigenvalue weighted by Crippen LogP contribution is 2.38. The maximum Gasteiger partial charge on any atom is 0.257 e. The highest BCUT2D eigenvalue weighted by atomic mass is 35.5. The molecule has 4 rings (SSSR count). The number of benzene rings is 2. The van der Waals surface area contributed by atoms with Crippen molar-refractivity contribution in [2.24, 2.45) is 0 Å². The largest absolute Gasteiger partial charge is 0.493 e. The topological polar surface area (TPSA) is 90.2 Å². The van der Waals surface area contributed by atoms with Gasteiger partial charge in [-0.25, -0.2) is 0 Å². The molecule has 0 aliphatic carbocycles. The molecule has 1 saturated heterocycles. The standard InChI is InChI=1S/C24H28N4O5.ClH/c1-30-19-14-18(15-20(31-2)22(19)32-3)24(29)28-11-7-10-27(12-13-28)16-21-25-23(33-26-21)17-8-5-4-6-9-17;/h4-6,8-9,14-15H,7,10-13,16H2,1-3H3;1H. The zero-order chi connectivity index (χ0) is 23.2. The van der Waals surface area contributed by atoms with Gasteiger partial charge in [-0.15, -0.1) is 12.4 Å². The molecule has 0 unspecified atom stereocenters. The van der Waals surface area contributed by atoms with E-state index in [4.69, 9.17) is 18.7 Å². The van der Waals surface area contributed by atoms with Gasteiger partial charge in [0.15, 0.2) is 17.3 Å². The highest BCUT2D eigenvalue weighted by molar-refractivity contribution is 5.95. The number of halogens is 1. The first-order valence-corrected chi connectivity index (χ1v) is 10.8. The van der Waals surface area contributed by atoms with Crippen LogP contribution in [0.5, 0.6) is 17.2 Å². The van der Waals surface area contributed by atoms with E-state index < -0.39 is 0 Å². The molecule has 1 aliphatic rings. The third-order valence-electron chi connectivity index (χ3n) is 5.64. The zero-order valence-electron chi connectivity index (χ0n) is 19.5. The lowest BCUT2D eigenvalue weighted by atomic mass is 10.1. The van der Waals surface area contributed by atoms with Gasteiger partial charge in [0.25, 0.3) is 11.8 Å². The molecule has 0 atom stereocenters. The van der Waals surface area contributed by atoms with Crippen molar-refractivity contribution in [3.8, 4) is 28.7 Å². The number of carbonyl (C=O) groups excluding carboxylic acids is 1.